The summed E-state index contributed by atoms with van der Waals surface area (Å²) in [5, 5.41) is 12.0. The molecule has 20 heteroatoms. The Labute approximate surface area is 338 Å². The summed E-state index contributed by atoms with van der Waals surface area (Å²) in [6.07, 6.45) is 2.53. The summed E-state index contributed by atoms with van der Waals surface area (Å²) in [4.78, 5) is 96.3. The molecule has 0 spiro atoms. The SMILES string of the molecule is [B][C@@H]1C[C@H](CNC)N(CC(C)=O)C1=O.[B][C@@H]1C[C@H](CNC)N(CC(C)=O)C1=O.[B][C@@H]1C[C@H](CNC)N(CC(C)=O)C1=O.[B][C@@H]1C[C@H](CNC)N(CC(C)=O)C1=O. The molecule has 56 heavy (non-hydrogen) atoms. The summed E-state index contributed by atoms with van der Waals surface area (Å²) >= 11 is 0. The van der Waals surface area contributed by atoms with Crippen LogP contribution in [0.1, 0.15) is 53.4 Å². The van der Waals surface area contributed by atoms with Gasteiger partial charge in [-0.25, -0.2) is 0 Å². The Morgan fingerprint density at radius 3 is 0.714 bits per heavy atom. The molecule has 4 heterocycles. The maximum Gasteiger partial charge on any atom is 0.217 e. The van der Waals surface area contributed by atoms with E-state index < -0.39 is 23.3 Å². The van der Waals surface area contributed by atoms with Crippen LogP contribution in [-0.2, 0) is 38.4 Å². The van der Waals surface area contributed by atoms with Crippen LogP contribution in [0, 0.1) is 0 Å². The van der Waals surface area contributed by atoms with Crippen molar-refractivity contribution in [1.82, 2.24) is 40.9 Å². The molecule has 4 aliphatic rings. The summed E-state index contributed by atoms with van der Waals surface area (Å²) in [6.45, 7) is 9.39. The van der Waals surface area contributed by atoms with Crippen LogP contribution in [0.4, 0.5) is 0 Å². The molecule has 8 radical (unpaired) electrons. The number of nitrogens with zero attached hydrogens (tertiary/aromatic N) is 4. The van der Waals surface area contributed by atoms with Gasteiger partial charge in [-0.1, -0.05) is 0 Å². The molecule has 16 nitrogen and oxygen atoms in total. The number of carbonyl (C=O) groups is 8. The summed E-state index contributed by atoms with van der Waals surface area (Å²) in [6, 6.07) is 0.246. The van der Waals surface area contributed by atoms with Gasteiger partial charge in [-0.2, -0.15) is 0 Å². The van der Waals surface area contributed by atoms with Crippen LogP contribution < -0.4 is 21.3 Å². The zero-order valence-corrected chi connectivity index (χ0v) is 34.5. The van der Waals surface area contributed by atoms with Crippen LogP contribution in [0.25, 0.3) is 0 Å². The van der Waals surface area contributed by atoms with Crippen molar-refractivity contribution in [2.75, 3.05) is 80.5 Å². The largest absolute Gasteiger partial charge is 0.332 e. The first-order chi connectivity index (χ1) is 26.2. The topological polar surface area (TPSA) is 198 Å². The van der Waals surface area contributed by atoms with E-state index in [9.17, 15) is 38.4 Å². The smallest absolute Gasteiger partial charge is 0.217 e. The molecule has 304 valence electrons. The maximum atomic E-state index is 11.5. The fourth-order valence-electron chi connectivity index (χ4n) is 7.16. The van der Waals surface area contributed by atoms with Gasteiger partial charge >= 0.3 is 0 Å². The lowest BCUT2D eigenvalue weighted by molar-refractivity contribution is -0.133. The Morgan fingerprint density at radius 1 is 0.429 bits per heavy atom. The number of hydrogen-bond donors (Lipinski definition) is 4. The van der Waals surface area contributed by atoms with E-state index in [1.807, 2.05) is 28.2 Å². The number of hydrogen-bond acceptors (Lipinski definition) is 12. The summed E-state index contributed by atoms with van der Waals surface area (Å²) in [5.74, 6) is -2.22. The molecule has 4 saturated heterocycles. The first-order valence-corrected chi connectivity index (χ1v) is 19.0. The van der Waals surface area contributed by atoms with Crippen molar-refractivity contribution in [3.8, 4) is 0 Å². The van der Waals surface area contributed by atoms with Gasteiger partial charge in [0.25, 0.3) is 0 Å². The van der Waals surface area contributed by atoms with Gasteiger partial charge in [0.1, 0.15) is 23.1 Å². The zero-order chi connectivity index (χ0) is 42.9. The van der Waals surface area contributed by atoms with Crippen LogP contribution >= 0.6 is 0 Å². The monoisotopic (exact) mass is 776 g/mol. The number of likely N-dealkylation sites (N-methyl/N-ethyl adjacent to an activating group) is 4. The van der Waals surface area contributed by atoms with E-state index in [1.54, 1.807) is 19.6 Å². The quantitative estimate of drug-likeness (QED) is 0.120. The van der Waals surface area contributed by atoms with Crippen LogP contribution in [-0.4, -0.2) is 202 Å². The van der Waals surface area contributed by atoms with E-state index in [2.05, 4.69) is 21.3 Å². The zero-order valence-electron chi connectivity index (χ0n) is 34.5. The molecule has 0 unspecified atom stereocenters. The lowest BCUT2D eigenvalue weighted by atomic mass is 9.85. The molecule has 0 aliphatic carbocycles. The molecule has 8 atom stereocenters. The summed E-state index contributed by atoms with van der Waals surface area (Å²) < 4.78 is 0. The van der Waals surface area contributed by atoms with Crippen molar-refractivity contribution < 1.29 is 38.4 Å². The Balaban J connectivity index is 0.000000373. The predicted octanol–water partition coefficient (Wildman–Crippen LogP) is -2.59. The minimum Gasteiger partial charge on any atom is -0.332 e. The van der Waals surface area contributed by atoms with Crippen LogP contribution in [0.5, 0.6) is 0 Å². The molecule has 0 aromatic carbocycles. The number of ketones is 4. The van der Waals surface area contributed by atoms with Crippen LogP contribution in [0.3, 0.4) is 0 Å². The average Bonchev–Trinajstić information content (AvgIpc) is 3.72. The lowest BCUT2D eigenvalue weighted by Crippen LogP contribution is -2.41. The standard InChI is InChI=1S/4C9H15BN2O2/c4*1-6(13)5-12-7(4-11-2)3-8(10)9(12)14/h4*7-8,11H,3-5H2,1-2H3/t4*7-,8-/m1111/s1. The van der Waals surface area contributed by atoms with E-state index in [4.69, 9.17) is 31.4 Å². The van der Waals surface area contributed by atoms with E-state index in [0.717, 1.165) is 0 Å². The maximum absolute atomic E-state index is 11.5. The fourth-order valence-corrected chi connectivity index (χ4v) is 7.16. The second-order valence-corrected chi connectivity index (χ2v) is 14.9. The molecular formula is C36H60B4N8O8. The number of rotatable bonds is 16. The third-order valence-electron chi connectivity index (χ3n) is 9.60. The van der Waals surface area contributed by atoms with Crippen LogP contribution in [0.15, 0.2) is 0 Å². The van der Waals surface area contributed by atoms with Gasteiger partial charge in [-0.3, -0.25) is 38.4 Å². The number of nitrogens with one attached hydrogen (secondary N) is 4. The number of carbonyl (C=O) groups excluding carboxylic acids is 8. The first kappa shape index (κ1) is 50.7. The molecule has 4 fully saturated rings. The van der Waals surface area contributed by atoms with Gasteiger partial charge in [0, 0.05) is 73.6 Å². The van der Waals surface area contributed by atoms with Gasteiger partial charge in [-0.15, -0.1) is 0 Å². The van der Waals surface area contributed by atoms with Crippen LogP contribution in [0.2, 0.25) is 23.3 Å². The third kappa shape index (κ3) is 15.9. The number of amides is 4. The van der Waals surface area contributed by atoms with Gasteiger partial charge < -0.3 is 40.9 Å². The highest BCUT2D eigenvalue weighted by Crippen LogP contribution is 2.28. The van der Waals surface area contributed by atoms with E-state index >= 15 is 0 Å². The highest BCUT2D eigenvalue weighted by molar-refractivity contribution is 6.26. The van der Waals surface area contributed by atoms with E-state index in [-0.39, 0.29) is 97.1 Å². The fraction of sp³-hybridized carbons (Fsp3) is 0.778. The van der Waals surface area contributed by atoms with Gasteiger partial charge in [0.15, 0.2) is 0 Å². The molecule has 0 aromatic rings. The summed E-state index contributed by atoms with van der Waals surface area (Å²) in [5.41, 5.74) is 0. The highest BCUT2D eigenvalue weighted by atomic mass is 16.2. The Hall–Kier alpha value is -3.34. The van der Waals surface area contributed by atoms with E-state index in [1.165, 1.54) is 27.7 Å². The second-order valence-electron chi connectivity index (χ2n) is 14.9. The molecule has 0 aromatic heterocycles. The average molecular weight is 776 g/mol. The van der Waals surface area contributed by atoms with Crippen molar-refractivity contribution in [3.63, 3.8) is 0 Å². The molecule has 4 N–H and O–H groups in total. The van der Waals surface area contributed by atoms with Crippen molar-refractivity contribution >= 4 is 78.1 Å². The first-order valence-electron chi connectivity index (χ1n) is 19.0. The molecule has 4 amide bonds. The molecule has 0 bridgehead atoms. The molecule has 0 saturated carbocycles. The highest BCUT2D eigenvalue weighted by Gasteiger charge is 2.39. The van der Waals surface area contributed by atoms with E-state index in [0.29, 0.717) is 51.9 Å². The lowest BCUT2D eigenvalue weighted by Gasteiger charge is -2.23. The minimum absolute atomic E-state index is 0.00597. The predicted molar refractivity (Wildman–Crippen MR) is 217 cm³/mol. The Kier molecular flexibility index (Phi) is 22.7. The molecule has 4 rings (SSSR count). The molecular weight excluding hydrogens is 716 g/mol. The van der Waals surface area contributed by atoms with Crippen molar-refractivity contribution in [2.24, 2.45) is 0 Å². The third-order valence-corrected chi connectivity index (χ3v) is 9.60. The van der Waals surface area contributed by atoms with Gasteiger partial charge in [0.2, 0.25) is 23.6 Å². The van der Waals surface area contributed by atoms with Gasteiger partial charge in [0.05, 0.1) is 57.6 Å². The normalized spacial score (nSPS) is 27.0. The Bertz CT molecular complexity index is 1180. The van der Waals surface area contributed by atoms with Crippen molar-refractivity contribution in [2.45, 2.75) is 101 Å². The molecule has 4 aliphatic heterocycles. The summed E-state index contributed by atoms with van der Waals surface area (Å²) in [7, 11) is 29.8. The van der Waals surface area contributed by atoms with Gasteiger partial charge in [-0.05, 0) is 81.6 Å². The number of Topliss-reactive ketones (excluding diaryl/α,β-unsaturated/α-hetero) is 4. The van der Waals surface area contributed by atoms with Crippen molar-refractivity contribution in [3.05, 3.63) is 0 Å². The van der Waals surface area contributed by atoms with Crippen molar-refractivity contribution in [1.29, 1.82) is 0 Å². The minimum atomic E-state index is -0.437. The number of likely N-dealkylation sites (tertiary alicyclic amines) is 4. The Morgan fingerprint density at radius 2 is 0.589 bits per heavy atom. The second kappa shape index (κ2) is 25.1.